The second-order valence-corrected chi connectivity index (χ2v) is 6.40. The lowest BCUT2D eigenvalue weighted by molar-refractivity contribution is 0.600. The van der Waals surface area contributed by atoms with Crippen molar-refractivity contribution in [2.75, 3.05) is 4.72 Å². The van der Waals surface area contributed by atoms with Crippen LogP contribution < -0.4 is 10.5 Å². The SMILES string of the molecule is Cc1sc(CN)cc1S(=O)(=O)Nc1nccnn1. The number of nitrogens with two attached hydrogens (primary N) is 1. The summed E-state index contributed by atoms with van der Waals surface area (Å²) >= 11 is 1.35. The minimum atomic E-state index is -3.69. The first kappa shape index (κ1) is 12.9. The molecule has 2 heterocycles. The number of thiophene rings is 1. The number of aryl methyl sites for hydroxylation is 1. The molecule has 0 aliphatic carbocycles. The molecule has 0 aliphatic rings. The predicted octanol–water partition coefficient (Wildman–Crippen LogP) is 0.501. The summed E-state index contributed by atoms with van der Waals surface area (Å²) in [4.78, 5) is 5.43. The average molecular weight is 285 g/mol. The van der Waals surface area contributed by atoms with Crippen molar-refractivity contribution >= 4 is 27.3 Å². The van der Waals surface area contributed by atoms with Crippen LogP contribution in [0.25, 0.3) is 0 Å². The molecule has 2 aromatic heterocycles. The number of sulfonamides is 1. The molecule has 2 rings (SSSR count). The average Bonchev–Trinajstić information content (AvgIpc) is 2.72. The molecule has 0 atom stereocenters. The standard InChI is InChI=1S/C9H11N5O2S2/c1-6-8(4-7(5-10)17-6)18(15,16)14-9-11-2-3-12-13-9/h2-4H,5,10H2,1H3,(H,11,13,14). The van der Waals surface area contributed by atoms with Gasteiger partial charge in [-0.3, -0.25) is 0 Å². The molecule has 0 aliphatic heterocycles. The number of nitrogens with one attached hydrogen (secondary N) is 1. The second kappa shape index (κ2) is 4.96. The summed E-state index contributed by atoms with van der Waals surface area (Å²) in [6.45, 7) is 2.03. The monoisotopic (exact) mass is 285 g/mol. The summed E-state index contributed by atoms with van der Waals surface area (Å²) in [7, 11) is -3.69. The van der Waals surface area contributed by atoms with Gasteiger partial charge in [0.1, 0.15) is 4.90 Å². The van der Waals surface area contributed by atoms with Crippen molar-refractivity contribution in [3.63, 3.8) is 0 Å². The molecule has 0 saturated heterocycles. The Morgan fingerprint density at radius 3 is 2.78 bits per heavy atom. The highest BCUT2D eigenvalue weighted by molar-refractivity contribution is 7.92. The Kier molecular flexibility index (Phi) is 3.55. The van der Waals surface area contributed by atoms with Crippen LogP contribution in [0.5, 0.6) is 0 Å². The Morgan fingerprint density at radius 1 is 1.44 bits per heavy atom. The van der Waals surface area contributed by atoms with E-state index in [0.29, 0.717) is 11.4 Å². The van der Waals surface area contributed by atoms with Gasteiger partial charge in [0.15, 0.2) is 0 Å². The van der Waals surface area contributed by atoms with Gasteiger partial charge in [-0.05, 0) is 13.0 Å². The van der Waals surface area contributed by atoms with Crippen LogP contribution in [-0.2, 0) is 16.6 Å². The fourth-order valence-corrected chi connectivity index (χ4v) is 3.82. The lowest BCUT2D eigenvalue weighted by Gasteiger charge is -2.04. The van der Waals surface area contributed by atoms with Gasteiger partial charge >= 0.3 is 0 Å². The number of hydrogen-bond donors (Lipinski definition) is 2. The van der Waals surface area contributed by atoms with E-state index in [1.165, 1.54) is 23.7 Å². The first-order valence-electron chi connectivity index (χ1n) is 4.99. The lowest BCUT2D eigenvalue weighted by Crippen LogP contribution is -2.15. The molecule has 2 aromatic rings. The summed E-state index contributed by atoms with van der Waals surface area (Å²) in [5.41, 5.74) is 5.49. The maximum atomic E-state index is 12.1. The van der Waals surface area contributed by atoms with Gasteiger partial charge in [0.05, 0.1) is 12.4 Å². The molecule has 0 unspecified atom stereocenters. The predicted molar refractivity (Wildman–Crippen MR) is 67.6 cm³/mol. The van der Waals surface area contributed by atoms with Crippen molar-refractivity contribution in [2.24, 2.45) is 5.73 Å². The lowest BCUT2D eigenvalue weighted by atomic mass is 10.4. The first-order valence-corrected chi connectivity index (χ1v) is 7.29. The molecule has 9 heteroatoms. The fraction of sp³-hybridized carbons (Fsp3) is 0.222. The van der Waals surface area contributed by atoms with E-state index in [0.717, 1.165) is 4.88 Å². The van der Waals surface area contributed by atoms with Gasteiger partial charge in [-0.1, -0.05) is 0 Å². The Bertz CT molecular complexity index is 638. The van der Waals surface area contributed by atoms with Crippen molar-refractivity contribution in [2.45, 2.75) is 18.4 Å². The van der Waals surface area contributed by atoms with E-state index in [-0.39, 0.29) is 10.8 Å². The van der Waals surface area contributed by atoms with Crippen LogP contribution in [0.2, 0.25) is 0 Å². The van der Waals surface area contributed by atoms with Crippen molar-refractivity contribution in [3.8, 4) is 0 Å². The third kappa shape index (κ3) is 2.63. The van der Waals surface area contributed by atoms with E-state index in [1.807, 2.05) is 0 Å². The van der Waals surface area contributed by atoms with E-state index in [9.17, 15) is 8.42 Å². The number of anilines is 1. The van der Waals surface area contributed by atoms with Crippen LogP contribution >= 0.6 is 11.3 Å². The van der Waals surface area contributed by atoms with Crippen molar-refractivity contribution in [1.82, 2.24) is 15.2 Å². The molecule has 7 nitrogen and oxygen atoms in total. The largest absolute Gasteiger partial charge is 0.326 e. The summed E-state index contributed by atoms with van der Waals surface area (Å²) in [5.74, 6) is -0.0580. The molecule has 0 radical (unpaired) electrons. The Hall–Kier alpha value is -1.58. The number of rotatable bonds is 4. The van der Waals surface area contributed by atoms with Crippen LogP contribution in [0.3, 0.4) is 0 Å². The molecule has 0 spiro atoms. The third-order valence-electron chi connectivity index (χ3n) is 2.12. The molecule has 0 saturated carbocycles. The Morgan fingerprint density at radius 2 is 2.22 bits per heavy atom. The van der Waals surface area contributed by atoms with Crippen molar-refractivity contribution in [1.29, 1.82) is 0 Å². The third-order valence-corrected chi connectivity index (χ3v) is 4.78. The molecule has 0 fully saturated rings. The fourth-order valence-electron chi connectivity index (χ4n) is 1.36. The molecule has 0 aromatic carbocycles. The van der Waals surface area contributed by atoms with Gasteiger partial charge in [-0.2, -0.15) is 5.10 Å². The van der Waals surface area contributed by atoms with Crippen LogP contribution in [-0.4, -0.2) is 23.6 Å². The molecular formula is C9H11N5O2S2. The number of nitrogens with zero attached hydrogens (tertiary/aromatic N) is 3. The van der Waals surface area contributed by atoms with Gasteiger partial charge < -0.3 is 5.73 Å². The summed E-state index contributed by atoms with van der Waals surface area (Å²) in [5, 5.41) is 7.12. The highest BCUT2D eigenvalue weighted by Crippen LogP contribution is 2.26. The highest BCUT2D eigenvalue weighted by atomic mass is 32.2. The van der Waals surface area contributed by atoms with Crippen LogP contribution in [0.1, 0.15) is 9.75 Å². The van der Waals surface area contributed by atoms with Gasteiger partial charge in [-0.15, -0.1) is 16.4 Å². The maximum absolute atomic E-state index is 12.1. The minimum Gasteiger partial charge on any atom is -0.326 e. The number of aromatic nitrogens is 3. The molecule has 0 bridgehead atoms. The molecule has 18 heavy (non-hydrogen) atoms. The van der Waals surface area contributed by atoms with Gasteiger partial charge in [0, 0.05) is 16.3 Å². The zero-order valence-corrected chi connectivity index (χ0v) is 11.1. The quantitative estimate of drug-likeness (QED) is 0.846. The zero-order chi connectivity index (χ0) is 13.2. The topological polar surface area (TPSA) is 111 Å². The number of hydrogen-bond acceptors (Lipinski definition) is 7. The molecule has 0 amide bonds. The van der Waals surface area contributed by atoms with Crippen LogP contribution in [0.15, 0.2) is 23.4 Å². The molecular weight excluding hydrogens is 274 g/mol. The van der Waals surface area contributed by atoms with Crippen molar-refractivity contribution in [3.05, 3.63) is 28.2 Å². The highest BCUT2D eigenvalue weighted by Gasteiger charge is 2.20. The normalized spacial score (nSPS) is 11.4. The van der Waals surface area contributed by atoms with E-state index >= 15 is 0 Å². The smallest absolute Gasteiger partial charge is 0.265 e. The van der Waals surface area contributed by atoms with Gasteiger partial charge in [-0.25, -0.2) is 18.1 Å². The summed E-state index contributed by atoms with van der Waals surface area (Å²) in [6, 6.07) is 1.55. The van der Waals surface area contributed by atoms with E-state index in [4.69, 9.17) is 5.73 Å². The summed E-state index contributed by atoms with van der Waals surface area (Å²) < 4.78 is 26.5. The van der Waals surface area contributed by atoms with Crippen LogP contribution in [0.4, 0.5) is 5.95 Å². The zero-order valence-electron chi connectivity index (χ0n) is 9.49. The van der Waals surface area contributed by atoms with E-state index in [1.54, 1.807) is 13.0 Å². The van der Waals surface area contributed by atoms with Crippen molar-refractivity contribution < 1.29 is 8.42 Å². The molecule has 3 N–H and O–H groups in total. The minimum absolute atomic E-state index is 0.0580. The first-order chi connectivity index (χ1) is 8.53. The Balaban J connectivity index is 2.34. The van der Waals surface area contributed by atoms with Crippen LogP contribution in [0, 0.1) is 6.92 Å². The van der Waals surface area contributed by atoms with Gasteiger partial charge in [0.2, 0.25) is 0 Å². The van der Waals surface area contributed by atoms with Gasteiger partial charge in [0.25, 0.3) is 16.0 Å². The van der Waals surface area contributed by atoms with E-state index < -0.39 is 10.0 Å². The van der Waals surface area contributed by atoms with E-state index in [2.05, 4.69) is 19.9 Å². The second-order valence-electron chi connectivity index (χ2n) is 3.41. The maximum Gasteiger partial charge on any atom is 0.265 e. The Labute approximate surface area is 108 Å². The summed E-state index contributed by atoms with van der Waals surface area (Å²) in [6.07, 6.45) is 2.72. The molecule has 96 valence electrons.